The van der Waals surface area contributed by atoms with Crippen LogP contribution in [0.15, 0.2) is 17.0 Å². The molecule has 1 heterocycles. The van der Waals surface area contributed by atoms with Crippen molar-refractivity contribution in [1.82, 2.24) is 0 Å². The third-order valence-electron chi connectivity index (χ3n) is 2.39. The Morgan fingerprint density at radius 1 is 1.33 bits per heavy atom. The number of fused-ring (bicyclic) bond motifs is 1. The maximum Gasteiger partial charge on any atom is 0.0404 e. The second-order valence-electron chi connectivity index (χ2n) is 3.36. The van der Waals surface area contributed by atoms with Crippen molar-refractivity contribution in [1.29, 1.82) is 0 Å². The van der Waals surface area contributed by atoms with Gasteiger partial charge in [0.25, 0.3) is 0 Å². The number of benzene rings is 1. The minimum atomic E-state index is 0.255. The van der Waals surface area contributed by atoms with Crippen LogP contribution in [-0.2, 0) is 0 Å². The molecule has 1 nitrogen and oxygen atoms in total. The quantitative estimate of drug-likeness (QED) is 0.662. The number of thioether (sulfide) groups is 1. The van der Waals surface area contributed by atoms with Gasteiger partial charge in [-0.15, -0.1) is 11.8 Å². The van der Waals surface area contributed by atoms with Crippen LogP contribution in [0.1, 0.15) is 22.7 Å². The highest BCUT2D eigenvalue weighted by Crippen LogP contribution is 2.40. The number of hydrogen-bond acceptors (Lipinski definition) is 2. The van der Waals surface area contributed by atoms with E-state index in [-0.39, 0.29) is 6.04 Å². The molecule has 0 aliphatic carbocycles. The number of rotatable bonds is 0. The van der Waals surface area contributed by atoms with E-state index in [1.54, 1.807) is 0 Å². The fourth-order valence-corrected chi connectivity index (χ4v) is 2.99. The SMILES string of the molecule is Cc1ccc(C)c2c1SCC2N. The minimum absolute atomic E-state index is 0.255. The fourth-order valence-electron chi connectivity index (χ4n) is 1.72. The van der Waals surface area contributed by atoms with Crippen LogP contribution >= 0.6 is 11.8 Å². The summed E-state index contributed by atoms with van der Waals surface area (Å²) in [5.74, 6) is 1.04. The van der Waals surface area contributed by atoms with Crippen molar-refractivity contribution in [3.63, 3.8) is 0 Å². The van der Waals surface area contributed by atoms with Crippen LogP contribution in [0.4, 0.5) is 0 Å². The van der Waals surface area contributed by atoms with Crippen LogP contribution in [-0.4, -0.2) is 5.75 Å². The Labute approximate surface area is 77.3 Å². The molecule has 1 aliphatic heterocycles. The van der Waals surface area contributed by atoms with E-state index in [2.05, 4.69) is 26.0 Å². The van der Waals surface area contributed by atoms with E-state index in [0.717, 1.165) is 5.75 Å². The summed E-state index contributed by atoms with van der Waals surface area (Å²) in [4.78, 5) is 1.42. The molecule has 1 unspecified atom stereocenters. The molecule has 2 heteroatoms. The molecule has 0 spiro atoms. The molecule has 1 aromatic carbocycles. The Balaban J connectivity index is 2.64. The molecule has 0 bridgehead atoms. The van der Waals surface area contributed by atoms with E-state index in [1.165, 1.54) is 21.6 Å². The summed E-state index contributed by atoms with van der Waals surface area (Å²) in [5.41, 5.74) is 10.1. The Morgan fingerprint density at radius 3 is 2.67 bits per heavy atom. The van der Waals surface area contributed by atoms with E-state index in [1.807, 2.05) is 11.8 Å². The lowest BCUT2D eigenvalue weighted by Crippen LogP contribution is -2.09. The first-order valence-corrected chi connectivity index (χ1v) is 5.17. The predicted octanol–water partition coefficient (Wildman–Crippen LogP) is 2.41. The molecule has 2 rings (SSSR count). The van der Waals surface area contributed by atoms with Gasteiger partial charge in [0, 0.05) is 16.7 Å². The highest BCUT2D eigenvalue weighted by atomic mass is 32.2. The van der Waals surface area contributed by atoms with E-state index in [9.17, 15) is 0 Å². The molecule has 1 atom stereocenters. The zero-order chi connectivity index (χ0) is 8.72. The average molecular weight is 179 g/mol. The Morgan fingerprint density at radius 2 is 2.00 bits per heavy atom. The monoisotopic (exact) mass is 179 g/mol. The van der Waals surface area contributed by atoms with Crippen molar-refractivity contribution < 1.29 is 0 Å². The lowest BCUT2D eigenvalue weighted by atomic mass is 10.0. The molecule has 64 valence electrons. The number of hydrogen-bond donors (Lipinski definition) is 1. The summed E-state index contributed by atoms with van der Waals surface area (Å²) in [6.45, 7) is 4.30. The molecular weight excluding hydrogens is 166 g/mol. The molecule has 12 heavy (non-hydrogen) atoms. The van der Waals surface area contributed by atoms with Gasteiger partial charge in [-0.05, 0) is 30.5 Å². The first-order valence-electron chi connectivity index (χ1n) is 4.18. The van der Waals surface area contributed by atoms with Gasteiger partial charge in [-0.1, -0.05) is 12.1 Å². The van der Waals surface area contributed by atoms with E-state index < -0.39 is 0 Å². The fraction of sp³-hybridized carbons (Fsp3) is 0.400. The topological polar surface area (TPSA) is 26.0 Å². The van der Waals surface area contributed by atoms with Gasteiger partial charge in [-0.25, -0.2) is 0 Å². The Hall–Kier alpha value is -0.470. The predicted molar refractivity (Wildman–Crippen MR) is 53.6 cm³/mol. The van der Waals surface area contributed by atoms with Crippen LogP contribution in [0.25, 0.3) is 0 Å². The van der Waals surface area contributed by atoms with Crippen molar-refractivity contribution in [3.8, 4) is 0 Å². The molecule has 2 N–H and O–H groups in total. The molecule has 0 radical (unpaired) electrons. The van der Waals surface area contributed by atoms with Gasteiger partial charge in [0.15, 0.2) is 0 Å². The molecule has 0 aromatic heterocycles. The maximum atomic E-state index is 6.00. The minimum Gasteiger partial charge on any atom is -0.323 e. The molecule has 0 saturated carbocycles. The van der Waals surface area contributed by atoms with Crippen LogP contribution in [0, 0.1) is 13.8 Å². The largest absolute Gasteiger partial charge is 0.323 e. The summed E-state index contributed by atoms with van der Waals surface area (Å²) in [6, 6.07) is 4.60. The third-order valence-corrected chi connectivity index (χ3v) is 3.75. The first-order chi connectivity index (χ1) is 5.70. The van der Waals surface area contributed by atoms with Crippen molar-refractivity contribution in [3.05, 3.63) is 28.8 Å². The lowest BCUT2D eigenvalue weighted by Gasteiger charge is -2.08. The lowest BCUT2D eigenvalue weighted by molar-refractivity contribution is 0.821. The van der Waals surface area contributed by atoms with E-state index in [4.69, 9.17) is 5.73 Å². The molecule has 1 aliphatic rings. The Kier molecular flexibility index (Phi) is 1.89. The van der Waals surface area contributed by atoms with Gasteiger partial charge in [-0.2, -0.15) is 0 Å². The van der Waals surface area contributed by atoms with E-state index in [0.29, 0.717) is 0 Å². The van der Waals surface area contributed by atoms with Crippen LogP contribution < -0.4 is 5.73 Å². The smallest absolute Gasteiger partial charge is 0.0404 e. The maximum absolute atomic E-state index is 6.00. The highest BCUT2D eigenvalue weighted by molar-refractivity contribution is 7.99. The molecule has 0 amide bonds. The van der Waals surface area contributed by atoms with Gasteiger partial charge >= 0.3 is 0 Å². The standard InChI is InChI=1S/C10H13NS/c1-6-3-4-7(2)10-9(6)8(11)5-12-10/h3-4,8H,5,11H2,1-2H3. The number of nitrogens with two attached hydrogens (primary N) is 1. The van der Waals surface area contributed by atoms with Crippen molar-refractivity contribution in [2.45, 2.75) is 24.8 Å². The van der Waals surface area contributed by atoms with Crippen LogP contribution in [0.5, 0.6) is 0 Å². The van der Waals surface area contributed by atoms with Crippen molar-refractivity contribution >= 4 is 11.8 Å². The second-order valence-corrected chi connectivity index (χ2v) is 4.39. The van der Waals surface area contributed by atoms with Gasteiger partial charge in [0.1, 0.15) is 0 Å². The molecule has 1 aromatic rings. The van der Waals surface area contributed by atoms with Crippen molar-refractivity contribution in [2.75, 3.05) is 5.75 Å². The van der Waals surface area contributed by atoms with E-state index >= 15 is 0 Å². The Bertz CT molecular complexity index is 320. The summed E-state index contributed by atoms with van der Waals surface area (Å²) < 4.78 is 0. The second kappa shape index (κ2) is 2.79. The van der Waals surface area contributed by atoms with Crippen LogP contribution in [0.3, 0.4) is 0 Å². The van der Waals surface area contributed by atoms with Gasteiger partial charge in [-0.3, -0.25) is 0 Å². The zero-order valence-electron chi connectivity index (χ0n) is 7.42. The average Bonchev–Trinajstić information content (AvgIpc) is 2.42. The summed E-state index contributed by atoms with van der Waals surface area (Å²) in [5, 5.41) is 0. The van der Waals surface area contributed by atoms with Gasteiger partial charge in [0.2, 0.25) is 0 Å². The first kappa shape index (κ1) is 8.14. The van der Waals surface area contributed by atoms with Crippen LogP contribution in [0.2, 0.25) is 0 Å². The summed E-state index contributed by atoms with van der Waals surface area (Å²) >= 11 is 1.89. The van der Waals surface area contributed by atoms with Gasteiger partial charge in [0.05, 0.1) is 0 Å². The molecular formula is C10H13NS. The normalized spacial score (nSPS) is 21.1. The molecule has 0 fully saturated rings. The number of aryl methyl sites for hydroxylation is 2. The molecule has 0 saturated heterocycles. The highest BCUT2D eigenvalue weighted by Gasteiger charge is 2.22. The summed E-state index contributed by atoms with van der Waals surface area (Å²) in [7, 11) is 0. The van der Waals surface area contributed by atoms with Gasteiger partial charge < -0.3 is 5.73 Å². The zero-order valence-corrected chi connectivity index (χ0v) is 8.24. The van der Waals surface area contributed by atoms with Crippen molar-refractivity contribution in [2.24, 2.45) is 5.73 Å². The third kappa shape index (κ3) is 1.06. The summed E-state index contributed by atoms with van der Waals surface area (Å²) in [6.07, 6.45) is 0.